The van der Waals surface area contributed by atoms with Crippen LogP contribution in [0.4, 0.5) is 10.1 Å². The number of nitrogens with zero attached hydrogens (tertiary/aromatic N) is 3. The summed E-state index contributed by atoms with van der Waals surface area (Å²) in [5.41, 5.74) is 5.35. The first-order valence-corrected chi connectivity index (χ1v) is 9.72. The molecule has 1 aromatic carbocycles. The third kappa shape index (κ3) is 2.98. The van der Waals surface area contributed by atoms with Crippen LogP contribution in [0.2, 0.25) is 0 Å². The van der Waals surface area contributed by atoms with Crippen molar-refractivity contribution >= 4 is 11.2 Å². The van der Waals surface area contributed by atoms with Gasteiger partial charge in [0, 0.05) is 25.0 Å². The minimum atomic E-state index is -0.147. The van der Waals surface area contributed by atoms with E-state index < -0.39 is 0 Å². The van der Waals surface area contributed by atoms with Crippen molar-refractivity contribution in [3.05, 3.63) is 66.0 Å². The Labute approximate surface area is 153 Å². The topological polar surface area (TPSA) is 20.5 Å². The quantitative estimate of drug-likeness (QED) is 0.674. The number of piperidine rings is 1. The van der Waals surface area contributed by atoms with Crippen LogP contribution in [-0.4, -0.2) is 22.5 Å². The van der Waals surface area contributed by atoms with Crippen LogP contribution in [0.15, 0.2) is 49.1 Å². The lowest BCUT2D eigenvalue weighted by Gasteiger charge is -2.34. The molecule has 0 amide bonds. The van der Waals surface area contributed by atoms with Gasteiger partial charge >= 0.3 is 0 Å². The summed E-state index contributed by atoms with van der Waals surface area (Å²) in [6.07, 6.45) is 12.2. The maximum atomic E-state index is 13.5. The molecule has 2 fully saturated rings. The molecule has 2 aliphatic rings. The van der Waals surface area contributed by atoms with E-state index in [4.69, 9.17) is 0 Å². The van der Waals surface area contributed by atoms with E-state index in [0.717, 1.165) is 44.0 Å². The highest BCUT2D eigenvalue weighted by molar-refractivity contribution is 5.58. The molecule has 26 heavy (non-hydrogen) atoms. The highest BCUT2D eigenvalue weighted by Crippen LogP contribution is 2.43. The molecule has 3 aromatic rings. The second-order valence-electron chi connectivity index (χ2n) is 7.82. The van der Waals surface area contributed by atoms with E-state index in [1.165, 1.54) is 30.0 Å². The summed E-state index contributed by atoms with van der Waals surface area (Å²) in [6.45, 7) is 2.02. The molecule has 3 nitrogen and oxygen atoms in total. The number of halogens is 1. The van der Waals surface area contributed by atoms with Crippen LogP contribution in [0.5, 0.6) is 0 Å². The molecule has 5 rings (SSSR count). The van der Waals surface area contributed by atoms with Gasteiger partial charge in [0.15, 0.2) is 0 Å². The number of hydrogen-bond donors (Lipinski definition) is 0. The van der Waals surface area contributed by atoms with Gasteiger partial charge in [-0.3, -0.25) is 0 Å². The van der Waals surface area contributed by atoms with Crippen molar-refractivity contribution in [1.82, 2.24) is 9.38 Å². The zero-order valence-corrected chi connectivity index (χ0v) is 14.9. The normalized spacial score (nSPS) is 18.6. The summed E-state index contributed by atoms with van der Waals surface area (Å²) in [7, 11) is 0. The Morgan fingerprint density at radius 3 is 2.69 bits per heavy atom. The number of aromatic nitrogens is 2. The van der Waals surface area contributed by atoms with Crippen LogP contribution in [-0.2, 0) is 6.42 Å². The largest absolute Gasteiger partial charge is 0.371 e. The Kier molecular flexibility index (Phi) is 3.92. The molecule has 4 heteroatoms. The lowest BCUT2D eigenvalue weighted by Crippen LogP contribution is -2.34. The van der Waals surface area contributed by atoms with Gasteiger partial charge in [-0.15, -0.1) is 0 Å². The number of fused-ring (bicyclic) bond motifs is 1. The molecule has 1 aliphatic carbocycles. The maximum Gasteiger partial charge on any atom is 0.125 e. The van der Waals surface area contributed by atoms with Gasteiger partial charge in [-0.25, -0.2) is 9.37 Å². The van der Waals surface area contributed by atoms with Gasteiger partial charge in [0.2, 0.25) is 0 Å². The number of imidazole rings is 1. The van der Waals surface area contributed by atoms with Crippen molar-refractivity contribution in [3.8, 4) is 0 Å². The average Bonchev–Trinajstić information content (AvgIpc) is 3.39. The van der Waals surface area contributed by atoms with Crippen LogP contribution in [0.1, 0.15) is 42.7 Å². The van der Waals surface area contributed by atoms with Crippen LogP contribution >= 0.6 is 0 Å². The average molecular weight is 349 g/mol. The fourth-order valence-electron chi connectivity index (χ4n) is 4.42. The third-order valence-electron chi connectivity index (χ3n) is 6.04. The zero-order valence-electron chi connectivity index (χ0n) is 14.9. The second kappa shape index (κ2) is 6.42. The lowest BCUT2D eigenvalue weighted by molar-refractivity contribution is 0.403. The number of anilines is 1. The van der Waals surface area contributed by atoms with Crippen molar-refractivity contribution in [2.45, 2.75) is 38.0 Å². The summed E-state index contributed by atoms with van der Waals surface area (Å²) >= 11 is 0. The van der Waals surface area contributed by atoms with Gasteiger partial charge in [-0.1, -0.05) is 6.07 Å². The summed E-state index contributed by atoms with van der Waals surface area (Å²) in [5, 5.41) is 0. The van der Waals surface area contributed by atoms with Gasteiger partial charge in [-0.05, 0) is 79.3 Å². The van der Waals surface area contributed by atoms with Gasteiger partial charge in [0.1, 0.15) is 5.82 Å². The van der Waals surface area contributed by atoms with E-state index in [-0.39, 0.29) is 5.82 Å². The summed E-state index contributed by atoms with van der Waals surface area (Å²) in [4.78, 5) is 6.68. The molecule has 3 heterocycles. The smallest absolute Gasteiger partial charge is 0.125 e. The first-order chi connectivity index (χ1) is 12.8. The summed E-state index contributed by atoms with van der Waals surface area (Å²) in [6, 6.07) is 9.30. The summed E-state index contributed by atoms with van der Waals surface area (Å²) in [5.74, 6) is 1.31. The molecule has 0 spiro atoms. The number of pyridine rings is 1. The highest BCUT2D eigenvalue weighted by atomic mass is 19.1. The molecule has 0 atom stereocenters. The minimum Gasteiger partial charge on any atom is -0.371 e. The standard InChI is InChI=1S/C22H24FN3/c23-18-2-1-3-19(13-18)25-9-6-16(7-10-25)12-21-20(17-4-5-17)8-11-26-15-24-14-22(21)26/h1-3,8,11,13-17H,4-7,9-10,12H2. The van der Waals surface area contributed by atoms with Crippen LogP contribution in [0.3, 0.4) is 0 Å². The molecule has 1 saturated heterocycles. The van der Waals surface area contributed by atoms with Gasteiger partial charge in [0.05, 0.1) is 18.0 Å². The van der Waals surface area contributed by atoms with E-state index >= 15 is 0 Å². The van der Waals surface area contributed by atoms with Crippen molar-refractivity contribution in [1.29, 1.82) is 0 Å². The number of rotatable bonds is 4. The van der Waals surface area contributed by atoms with Crippen LogP contribution in [0, 0.1) is 11.7 Å². The predicted octanol–water partition coefficient (Wildman–Crippen LogP) is 4.81. The molecule has 2 aromatic heterocycles. The van der Waals surface area contributed by atoms with E-state index in [1.807, 2.05) is 18.6 Å². The zero-order chi connectivity index (χ0) is 17.5. The highest BCUT2D eigenvalue weighted by Gasteiger charge is 2.29. The van der Waals surface area contributed by atoms with Crippen molar-refractivity contribution in [2.24, 2.45) is 5.92 Å². The Balaban J connectivity index is 1.33. The number of benzene rings is 1. The van der Waals surface area contributed by atoms with E-state index in [2.05, 4.69) is 26.5 Å². The Bertz CT molecular complexity index is 920. The molecule has 1 saturated carbocycles. The van der Waals surface area contributed by atoms with Gasteiger partial charge in [-0.2, -0.15) is 0 Å². The Hall–Kier alpha value is -2.36. The lowest BCUT2D eigenvalue weighted by atomic mass is 9.87. The van der Waals surface area contributed by atoms with Crippen LogP contribution < -0.4 is 4.90 Å². The molecule has 134 valence electrons. The second-order valence-corrected chi connectivity index (χ2v) is 7.82. The molecular weight excluding hydrogens is 325 g/mol. The molecule has 0 unspecified atom stereocenters. The maximum absolute atomic E-state index is 13.5. The molecule has 1 aliphatic heterocycles. The van der Waals surface area contributed by atoms with Crippen molar-refractivity contribution in [2.75, 3.05) is 18.0 Å². The fraction of sp³-hybridized carbons (Fsp3) is 0.409. The third-order valence-corrected chi connectivity index (χ3v) is 6.04. The van der Waals surface area contributed by atoms with E-state index in [1.54, 1.807) is 17.7 Å². The first-order valence-electron chi connectivity index (χ1n) is 9.72. The van der Waals surface area contributed by atoms with Crippen molar-refractivity contribution < 1.29 is 4.39 Å². The van der Waals surface area contributed by atoms with E-state index in [0.29, 0.717) is 5.92 Å². The Morgan fingerprint density at radius 2 is 1.92 bits per heavy atom. The first kappa shape index (κ1) is 15.9. The summed E-state index contributed by atoms with van der Waals surface area (Å²) < 4.78 is 15.7. The SMILES string of the molecule is Fc1cccc(N2CCC(Cc3c(C4CC4)ccn4cncc34)CC2)c1. The molecular formula is C22H24FN3. The predicted molar refractivity (Wildman–Crippen MR) is 102 cm³/mol. The van der Waals surface area contributed by atoms with E-state index in [9.17, 15) is 4.39 Å². The van der Waals surface area contributed by atoms with Gasteiger partial charge in [0.25, 0.3) is 0 Å². The monoisotopic (exact) mass is 349 g/mol. The van der Waals surface area contributed by atoms with Gasteiger partial charge < -0.3 is 9.30 Å². The molecule has 0 radical (unpaired) electrons. The fourth-order valence-corrected chi connectivity index (χ4v) is 4.42. The molecule has 0 N–H and O–H groups in total. The Morgan fingerprint density at radius 1 is 1.08 bits per heavy atom. The van der Waals surface area contributed by atoms with Crippen molar-refractivity contribution in [3.63, 3.8) is 0 Å². The minimum absolute atomic E-state index is 0.147. The molecule has 0 bridgehead atoms. The van der Waals surface area contributed by atoms with Crippen LogP contribution in [0.25, 0.3) is 5.52 Å². The number of hydrogen-bond acceptors (Lipinski definition) is 2.